The smallest absolute Gasteiger partial charge is 0.340 e. The van der Waals surface area contributed by atoms with E-state index < -0.39 is 22.6 Å². The minimum atomic E-state index is -3.75. The van der Waals surface area contributed by atoms with E-state index in [0.29, 0.717) is 24.7 Å². The van der Waals surface area contributed by atoms with Gasteiger partial charge in [-0.2, -0.15) is 0 Å². The number of aliphatic hydroxyl groups excluding tert-OH is 1. The topological polar surface area (TPSA) is 116 Å². The highest BCUT2D eigenvalue weighted by Gasteiger charge is 2.24. The molecule has 2 N–H and O–H groups in total. The van der Waals surface area contributed by atoms with Crippen LogP contribution in [0.15, 0.2) is 23.1 Å². The molecule has 0 unspecified atom stereocenters. The molecule has 9 nitrogen and oxygen atoms in total. The lowest BCUT2D eigenvalue weighted by Gasteiger charge is -2.30. The molecule has 0 aliphatic carbocycles. The predicted molar refractivity (Wildman–Crippen MR) is 108 cm³/mol. The van der Waals surface area contributed by atoms with E-state index >= 15 is 0 Å². The Morgan fingerprint density at radius 3 is 2.69 bits per heavy atom. The van der Waals surface area contributed by atoms with E-state index in [9.17, 15) is 18.0 Å². The Morgan fingerprint density at radius 2 is 2.07 bits per heavy atom. The maximum absolute atomic E-state index is 12.6. The van der Waals surface area contributed by atoms with Gasteiger partial charge in [-0.3, -0.25) is 4.79 Å². The van der Waals surface area contributed by atoms with E-state index in [1.54, 1.807) is 4.90 Å². The van der Waals surface area contributed by atoms with Gasteiger partial charge in [-0.05, 0) is 37.0 Å². The molecule has 0 spiro atoms. The number of carbonyl (C=O) groups excluding carboxylic acids is 2. The summed E-state index contributed by atoms with van der Waals surface area (Å²) in [4.78, 5) is 26.6. The fourth-order valence-corrected chi connectivity index (χ4v) is 4.05. The van der Waals surface area contributed by atoms with Crippen LogP contribution in [0.2, 0.25) is 0 Å². The number of sulfonamides is 1. The molecular formula is C19H29N3O6S. The first-order valence-corrected chi connectivity index (χ1v) is 11.0. The van der Waals surface area contributed by atoms with Crippen molar-refractivity contribution in [3.8, 4) is 0 Å². The fraction of sp³-hybridized carbons (Fsp3) is 0.579. The number of rotatable bonds is 8. The van der Waals surface area contributed by atoms with Gasteiger partial charge in [0.15, 0.2) is 6.61 Å². The number of nitrogens with zero attached hydrogens (tertiary/aromatic N) is 2. The van der Waals surface area contributed by atoms with Crippen molar-refractivity contribution in [2.45, 2.75) is 24.7 Å². The lowest BCUT2D eigenvalue weighted by atomic mass is 10.0. The van der Waals surface area contributed by atoms with Gasteiger partial charge in [0.2, 0.25) is 10.0 Å². The minimum absolute atomic E-state index is 0.0128. The molecule has 1 aliphatic heterocycles. The van der Waals surface area contributed by atoms with E-state index in [4.69, 9.17) is 9.84 Å². The van der Waals surface area contributed by atoms with Gasteiger partial charge in [0.05, 0.1) is 17.1 Å². The van der Waals surface area contributed by atoms with E-state index in [-0.39, 0.29) is 29.5 Å². The van der Waals surface area contributed by atoms with E-state index in [2.05, 4.69) is 12.2 Å². The van der Waals surface area contributed by atoms with Crippen molar-refractivity contribution in [3.63, 3.8) is 0 Å². The SMILES string of the molecule is C[C@@H]1CCCN(C(=O)COC(=O)c2cc(S(=O)(=O)N(C)C)ccc2NCCO)C1. The number of aliphatic hydroxyl groups is 1. The molecule has 1 heterocycles. The van der Waals surface area contributed by atoms with E-state index in [1.165, 1.54) is 32.3 Å². The second-order valence-corrected chi connectivity index (χ2v) is 9.46. The second kappa shape index (κ2) is 10.0. The van der Waals surface area contributed by atoms with Crippen LogP contribution in [-0.2, 0) is 19.6 Å². The van der Waals surface area contributed by atoms with Crippen molar-refractivity contribution < 1.29 is 27.9 Å². The summed E-state index contributed by atoms with van der Waals surface area (Å²) in [6.45, 7) is 2.94. The van der Waals surface area contributed by atoms with Crippen LogP contribution in [0.3, 0.4) is 0 Å². The number of ether oxygens (including phenoxy) is 1. The lowest BCUT2D eigenvalue weighted by molar-refractivity contribution is -0.136. The maximum atomic E-state index is 12.6. The number of hydrogen-bond donors (Lipinski definition) is 2. The van der Waals surface area contributed by atoms with Crippen molar-refractivity contribution in [1.29, 1.82) is 0 Å². The zero-order chi connectivity index (χ0) is 21.6. The van der Waals surface area contributed by atoms with Crippen LogP contribution in [0.25, 0.3) is 0 Å². The standard InChI is InChI=1S/C19H29N3O6S/c1-14-5-4-9-22(12-14)18(24)13-28-19(25)16-11-15(29(26,27)21(2)3)6-7-17(16)20-8-10-23/h6-7,11,14,20,23H,4-5,8-10,12-13H2,1-3H3/t14-/m1/s1. The molecule has 162 valence electrons. The van der Waals surface area contributed by atoms with Gasteiger partial charge >= 0.3 is 5.97 Å². The molecule has 1 saturated heterocycles. The van der Waals surface area contributed by atoms with Crippen molar-refractivity contribution in [2.75, 3.05) is 52.3 Å². The molecule has 29 heavy (non-hydrogen) atoms. The largest absolute Gasteiger partial charge is 0.452 e. The summed E-state index contributed by atoms with van der Waals surface area (Å²) < 4.78 is 31.0. The second-order valence-electron chi connectivity index (χ2n) is 7.31. The van der Waals surface area contributed by atoms with Gasteiger partial charge in [0.1, 0.15) is 0 Å². The van der Waals surface area contributed by atoms with Gasteiger partial charge in [-0.1, -0.05) is 6.92 Å². The fourth-order valence-electron chi connectivity index (χ4n) is 3.12. The Kier molecular flexibility index (Phi) is 8.00. The highest BCUT2D eigenvalue weighted by Crippen LogP contribution is 2.23. The molecule has 1 atom stereocenters. The Bertz CT molecular complexity index is 840. The summed E-state index contributed by atoms with van der Waals surface area (Å²) in [7, 11) is -0.967. The summed E-state index contributed by atoms with van der Waals surface area (Å²) in [5.41, 5.74) is 0.307. The van der Waals surface area contributed by atoms with Crippen LogP contribution in [0.5, 0.6) is 0 Å². The van der Waals surface area contributed by atoms with Gasteiger partial charge in [-0.15, -0.1) is 0 Å². The third-order valence-electron chi connectivity index (χ3n) is 4.75. The van der Waals surface area contributed by atoms with Gasteiger partial charge in [-0.25, -0.2) is 17.5 Å². The highest BCUT2D eigenvalue weighted by atomic mass is 32.2. The number of esters is 1. The van der Waals surface area contributed by atoms with Crippen LogP contribution in [-0.4, -0.2) is 81.5 Å². The summed E-state index contributed by atoms with van der Waals surface area (Å²) in [5.74, 6) is -0.669. The molecule has 0 aromatic heterocycles. The van der Waals surface area contributed by atoms with Crippen molar-refractivity contribution in [1.82, 2.24) is 9.21 Å². The van der Waals surface area contributed by atoms with Crippen LogP contribution in [0.1, 0.15) is 30.1 Å². The summed E-state index contributed by atoms with van der Waals surface area (Å²) in [5, 5.41) is 11.9. The Morgan fingerprint density at radius 1 is 1.34 bits per heavy atom. The number of hydrogen-bond acceptors (Lipinski definition) is 7. The molecule has 1 aromatic carbocycles. The number of nitrogens with one attached hydrogen (secondary N) is 1. The van der Waals surface area contributed by atoms with Crippen molar-refractivity contribution in [3.05, 3.63) is 23.8 Å². The first kappa shape index (κ1) is 23.1. The molecule has 10 heteroatoms. The number of piperidine rings is 1. The Balaban J connectivity index is 2.18. The first-order valence-electron chi connectivity index (χ1n) is 9.53. The molecule has 1 aromatic rings. The van der Waals surface area contributed by atoms with Crippen LogP contribution < -0.4 is 5.32 Å². The molecule has 0 bridgehead atoms. The van der Waals surface area contributed by atoms with Crippen molar-refractivity contribution >= 4 is 27.6 Å². The molecule has 2 rings (SSSR count). The summed E-state index contributed by atoms with van der Waals surface area (Å²) in [6.07, 6.45) is 1.98. The van der Waals surface area contributed by atoms with E-state index in [1.807, 2.05) is 0 Å². The van der Waals surface area contributed by atoms with Gasteiger partial charge in [0, 0.05) is 39.4 Å². The third kappa shape index (κ3) is 5.91. The van der Waals surface area contributed by atoms with Gasteiger partial charge < -0.3 is 20.1 Å². The molecule has 1 fully saturated rings. The highest BCUT2D eigenvalue weighted by molar-refractivity contribution is 7.89. The predicted octanol–water partition coefficient (Wildman–Crippen LogP) is 0.756. The Hall–Kier alpha value is -2.17. The van der Waals surface area contributed by atoms with Crippen LogP contribution in [0, 0.1) is 5.92 Å². The summed E-state index contributed by atoms with van der Waals surface area (Å²) >= 11 is 0. The molecule has 0 saturated carbocycles. The zero-order valence-corrected chi connectivity index (χ0v) is 17.9. The number of carbonyl (C=O) groups is 2. The lowest BCUT2D eigenvalue weighted by Crippen LogP contribution is -2.41. The molecule has 0 radical (unpaired) electrons. The number of amides is 1. The monoisotopic (exact) mass is 427 g/mol. The number of anilines is 1. The average Bonchev–Trinajstić information content (AvgIpc) is 2.69. The third-order valence-corrected chi connectivity index (χ3v) is 6.56. The number of likely N-dealkylation sites (tertiary alicyclic amines) is 1. The molecule has 1 aliphatic rings. The molecular weight excluding hydrogens is 398 g/mol. The summed E-state index contributed by atoms with van der Waals surface area (Å²) in [6, 6.07) is 4.02. The van der Waals surface area contributed by atoms with E-state index in [0.717, 1.165) is 17.1 Å². The minimum Gasteiger partial charge on any atom is -0.452 e. The zero-order valence-electron chi connectivity index (χ0n) is 17.1. The quantitative estimate of drug-likeness (QED) is 0.588. The Labute approximate surface area is 171 Å². The molecule has 1 amide bonds. The van der Waals surface area contributed by atoms with Gasteiger partial charge in [0.25, 0.3) is 5.91 Å². The average molecular weight is 428 g/mol. The van der Waals surface area contributed by atoms with Crippen LogP contribution in [0.4, 0.5) is 5.69 Å². The normalized spacial score (nSPS) is 17.3. The first-order chi connectivity index (χ1) is 13.7. The van der Waals surface area contributed by atoms with Crippen molar-refractivity contribution in [2.24, 2.45) is 5.92 Å². The van der Waals surface area contributed by atoms with Crippen LogP contribution >= 0.6 is 0 Å². The number of benzene rings is 1. The maximum Gasteiger partial charge on any atom is 0.340 e.